The zero-order valence-electron chi connectivity index (χ0n) is 11.7. The van der Waals surface area contributed by atoms with Crippen molar-refractivity contribution >= 4 is 17.6 Å². The number of aliphatic carboxylic acids is 1. The first-order chi connectivity index (χ1) is 9.99. The summed E-state index contributed by atoms with van der Waals surface area (Å²) < 4.78 is 10.9. The van der Waals surface area contributed by atoms with Crippen LogP contribution in [0.2, 0.25) is 5.02 Å². The van der Waals surface area contributed by atoms with Crippen LogP contribution in [0.4, 0.5) is 0 Å². The van der Waals surface area contributed by atoms with Gasteiger partial charge in [0.05, 0.1) is 18.6 Å². The predicted octanol–water partition coefficient (Wildman–Crippen LogP) is 4.08. The van der Waals surface area contributed by atoms with Crippen LogP contribution in [0, 0.1) is 6.92 Å². The second-order valence-corrected chi connectivity index (χ2v) is 4.99. The van der Waals surface area contributed by atoms with Crippen molar-refractivity contribution in [3.05, 3.63) is 52.5 Å². The highest BCUT2D eigenvalue weighted by molar-refractivity contribution is 6.32. The van der Waals surface area contributed by atoms with Gasteiger partial charge >= 0.3 is 5.97 Å². The highest BCUT2D eigenvalue weighted by Gasteiger charge is 2.12. The maximum Gasteiger partial charge on any atom is 0.307 e. The maximum atomic E-state index is 10.9. The number of halogens is 1. The Hall–Kier alpha value is -2.20. The molecular formula is C16H15ClO4. The van der Waals surface area contributed by atoms with Gasteiger partial charge in [-0.3, -0.25) is 4.79 Å². The molecule has 0 aliphatic carbocycles. The van der Waals surface area contributed by atoms with Gasteiger partial charge in [-0.2, -0.15) is 0 Å². The van der Waals surface area contributed by atoms with Crippen LogP contribution in [0.15, 0.2) is 36.4 Å². The second-order valence-electron chi connectivity index (χ2n) is 4.58. The predicted molar refractivity (Wildman–Crippen MR) is 80.6 cm³/mol. The summed E-state index contributed by atoms with van der Waals surface area (Å²) in [6.45, 7) is 1.93. The molecule has 0 atom stereocenters. The van der Waals surface area contributed by atoms with E-state index in [1.165, 1.54) is 7.11 Å². The minimum absolute atomic E-state index is 0.136. The summed E-state index contributed by atoms with van der Waals surface area (Å²) in [7, 11) is 1.54. The van der Waals surface area contributed by atoms with E-state index < -0.39 is 5.97 Å². The molecule has 0 heterocycles. The van der Waals surface area contributed by atoms with Crippen LogP contribution in [0.25, 0.3) is 0 Å². The van der Waals surface area contributed by atoms with Crippen LogP contribution in [0.3, 0.4) is 0 Å². The molecule has 0 unspecified atom stereocenters. The highest BCUT2D eigenvalue weighted by atomic mass is 35.5. The number of rotatable bonds is 5. The van der Waals surface area contributed by atoms with Crippen LogP contribution in [0.1, 0.15) is 11.1 Å². The summed E-state index contributed by atoms with van der Waals surface area (Å²) in [5, 5.41) is 9.43. The third-order valence-electron chi connectivity index (χ3n) is 2.92. The highest BCUT2D eigenvalue weighted by Crippen LogP contribution is 2.34. The van der Waals surface area contributed by atoms with Gasteiger partial charge in [0.15, 0.2) is 0 Å². The third kappa shape index (κ3) is 3.89. The van der Waals surface area contributed by atoms with Crippen molar-refractivity contribution in [3.63, 3.8) is 0 Å². The number of hydrogen-bond donors (Lipinski definition) is 1. The van der Waals surface area contributed by atoms with Crippen molar-refractivity contribution in [2.24, 2.45) is 0 Å². The number of ether oxygens (including phenoxy) is 2. The van der Waals surface area contributed by atoms with Crippen LogP contribution < -0.4 is 9.47 Å². The van der Waals surface area contributed by atoms with Gasteiger partial charge in [0.2, 0.25) is 0 Å². The van der Waals surface area contributed by atoms with Crippen molar-refractivity contribution in [2.45, 2.75) is 13.3 Å². The summed E-state index contributed by atoms with van der Waals surface area (Å²) in [5.41, 5.74) is 1.57. The Morgan fingerprint density at radius 1 is 1.19 bits per heavy atom. The molecule has 0 bridgehead atoms. The quantitative estimate of drug-likeness (QED) is 0.904. The molecule has 110 valence electrons. The Morgan fingerprint density at radius 3 is 2.57 bits per heavy atom. The minimum atomic E-state index is -0.931. The van der Waals surface area contributed by atoms with Crippen molar-refractivity contribution < 1.29 is 19.4 Å². The SMILES string of the molecule is COc1ccc(CC(=O)O)c(Oc2ccc(C)cc2Cl)c1. The molecule has 0 aliphatic rings. The van der Waals surface area contributed by atoms with Gasteiger partial charge < -0.3 is 14.6 Å². The summed E-state index contributed by atoms with van der Waals surface area (Å²) in [5.74, 6) is 0.548. The average Bonchev–Trinajstić information content (AvgIpc) is 2.43. The molecule has 0 amide bonds. The van der Waals surface area contributed by atoms with Crippen LogP contribution in [-0.2, 0) is 11.2 Å². The molecule has 0 radical (unpaired) electrons. The minimum Gasteiger partial charge on any atom is -0.497 e. The number of aryl methyl sites for hydroxylation is 1. The van der Waals surface area contributed by atoms with Gasteiger partial charge in [-0.15, -0.1) is 0 Å². The van der Waals surface area contributed by atoms with Gasteiger partial charge in [0.1, 0.15) is 17.2 Å². The van der Waals surface area contributed by atoms with E-state index in [4.69, 9.17) is 26.2 Å². The molecule has 4 nitrogen and oxygen atoms in total. The molecule has 0 spiro atoms. The second kappa shape index (κ2) is 6.50. The van der Waals surface area contributed by atoms with E-state index in [1.807, 2.05) is 13.0 Å². The Labute approximate surface area is 127 Å². The molecule has 0 fully saturated rings. The molecular weight excluding hydrogens is 292 g/mol. The first-order valence-electron chi connectivity index (χ1n) is 6.32. The monoisotopic (exact) mass is 306 g/mol. The summed E-state index contributed by atoms with van der Waals surface area (Å²) >= 11 is 6.14. The van der Waals surface area contributed by atoms with Crippen LogP contribution in [-0.4, -0.2) is 18.2 Å². The van der Waals surface area contributed by atoms with E-state index in [2.05, 4.69) is 0 Å². The molecule has 0 saturated carbocycles. The summed E-state index contributed by atoms with van der Waals surface area (Å²) in [4.78, 5) is 10.9. The van der Waals surface area contributed by atoms with Crippen LogP contribution >= 0.6 is 11.6 Å². The number of methoxy groups -OCH3 is 1. The lowest BCUT2D eigenvalue weighted by Gasteiger charge is -2.13. The van der Waals surface area contributed by atoms with Gasteiger partial charge in [0, 0.05) is 11.6 Å². The van der Waals surface area contributed by atoms with Gasteiger partial charge in [-0.1, -0.05) is 23.7 Å². The number of carboxylic acids is 1. The van der Waals surface area contributed by atoms with Gasteiger partial charge in [0.25, 0.3) is 0 Å². The Morgan fingerprint density at radius 2 is 1.95 bits per heavy atom. The lowest BCUT2D eigenvalue weighted by Crippen LogP contribution is -2.02. The van der Waals surface area contributed by atoms with Crippen molar-refractivity contribution in [3.8, 4) is 17.2 Å². The average molecular weight is 307 g/mol. The molecule has 5 heteroatoms. The number of carbonyl (C=O) groups is 1. The van der Waals surface area contributed by atoms with Crippen molar-refractivity contribution in [1.29, 1.82) is 0 Å². The molecule has 1 N–H and O–H groups in total. The maximum absolute atomic E-state index is 10.9. The molecule has 0 aromatic heterocycles. The zero-order chi connectivity index (χ0) is 15.4. The fraction of sp³-hybridized carbons (Fsp3) is 0.188. The van der Waals surface area contributed by atoms with Crippen molar-refractivity contribution in [1.82, 2.24) is 0 Å². The lowest BCUT2D eigenvalue weighted by molar-refractivity contribution is -0.136. The number of benzene rings is 2. The molecule has 2 aromatic carbocycles. The first kappa shape index (κ1) is 15.2. The summed E-state index contributed by atoms with van der Waals surface area (Å²) in [6, 6.07) is 10.4. The third-order valence-corrected chi connectivity index (χ3v) is 3.22. The van der Waals surface area contributed by atoms with Crippen LogP contribution in [0.5, 0.6) is 17.2 Å². The van der Waals surface area contributed by atoms with E-state index >= 15 is 0 Å². The molecule has 0 saturated heterocycles. The van der Waals surface area contributed by atoms with E-state index in [0.717, 1.165) is 5.56 Å². The molecule has 0 aliphatic heterocycles. The molecule has 2 rings (SSSR count). The number of carboxylic acid groups (broad SMARTS) is 1. The number of hydrogen-bond acceptors (Lipinski definition) is 3. The van der Waals surface area contributed by atoms with E-state index in [9.17, 15) is 4.79 Å². The van der Waals surface area contributed by atoms with Gasteiger partial charge in [-0.25, -0.2) is 0 Å². The summed E-state index contributed by atoms with van der Waals surface area (Å²) in [6.07, 6.45) is -0.136. The lowest BCUT2D eigenvalue weighted by atomic mass is 10.1. The van der Waals surface area contributed by atoms with E-state index in [1.54, 1.807) is 30.3 Å². The smallest absolute Gasteiger partial charge is 0.307 e. The topological polar surface area (TPSA) is 55.8 Å². The fourth-order valence-corrected chi connectivity index (χ4v) is 2.15. The standard InChI is InChI=1S/C16H15ClO4/c1-10-3-6-14(13(17)7-10)21-15-9-12(20-2)5-4-11(15)8-16(18)19/h3-7,9H,8H2,1-2H3,(H,18,19). The van der Waals surface area contributed by atoms with Gasteiger partial charge in [-0.05, 0) is 30.7 Å². The Kier molecular flexibility index (Phi) is 4.70. The van der Waals surface area contributed by atoms with Crippen molar-refractivity contribution in [2.75, 3.05) is 7.11 Å². The largest absolute Gasteiger partial charge is 0.497 e. The Balaban J connectivity index is 2.38. The molecule has 2 aromatic rings. The Bertz CT molecular complexity index is 667. The van der Waals surface area contributed by atoms with E-state index in [-0.39, 0.29) is 6.42 Å². The first-order valence-corrected chi connectivity index (χ1v) is 6.70. The fourth-order valence-electron chi connectivity index (χ4n) is 1.87. The normalized spacial score (nSPS) is 10.2. The molecule has 21 heavy (non-hydrogen) atoms. The van der Waals surface area contributed by atoms with E-state index in [0.29, 0.717) is 27.8 Å². The zero-order valence-corrected chi connectivity index (χ0v) is 12.5.